The van der Waals surface area contributed by atoms with Gasteiger partial charge in [0.15, 0.2) is 0 Å². The first-order valence-corrected chi connectivity index (χ1v) is 7.28. The maximum atomic E-state index is 5.95. The third-order valence-electron chi connectivity index (χ3n) is 2.99. The van der Waals surface area contributed by atoms with E-state index in [1.807, 2.05) is 31.6 Å². The van der Waals surface area contributed by atoms with Gasteiger partial charge < -0.3 is 5.32 Å². The van der Waals surface area contributed by atoms with Gasteiger partial charge in [-0.3, -0.25) is 4.98 Å². The van der Waals surface area contributed by atoms with E-state index in [1.165, 1.54) is 10.4 Å². The molecule has 2 nitrogen and oxygen atoms in total. The molecule has 0 spiro atoms. The van der Waals surface area contributed by atoms with Crippen molar-refractivity contribution in [1.29, 1.82) is 0 Å². The number of rotatable bonds is 6. The van der Waals surface area contributed by atoms with Crippen LogP contribution in [0.15, 0.2) is 36.7 Å². The number of nitrogens with one attached hydrogen (secondary N) is 1. The molecule has 1 N–H and O–H groups in total. The summed E-state index contributed by atoms with van der Waals surface area (Å²) in [6.07, 6.45) is 6.95. The lowest BCUT2D eigenvalue weighted by atomic mass is 10.0. The number of hydrogen-bond donors (Lipinski definition) is 1. The molecule has 0 aliphatic rings. The van der Waals surface area contributed by atoms with Crippen LogP contribution in [0.3, 0.4) is 0 Å². The molecule has 2 heterocycles. The molecule has 0 aliphatic heterocycles. The predicted molar refractivity (Wildman–Crippen MR) is 78.4 cm³/mol. The number of halogens is 1. The molecule has 1 atom stereocenters. The molecule has 4 heteroatoms. The van der Waals surface area contributed by atoms with Gasteiger partial charge in [-0.25, -0.2) is 0 Å². The number of hydrogen-bond acceptors (Lipinski definition) is 3. The van der Waals surface area contributed by atoms with Gasteiger partial charge in [0, 0.05) is 23.3 Å². The fraction of sp³-hybridized carbons (Fsp3) is 0.357. The number of aryl methyl sites for hydroxylation is 1. The van der Waals surface area contributed by atoms with E-state index in [0.717, 1.165) is 23.6 Å². The Morgan fingerprint density at radius 3 is 2.89 bits per heavy atom. The van der Waals surface area contributed by atoms with Crippen LogP contribution >= 0.6 is 22.9 Å². The van der Waals surface area contributed by atoms with Crippen LogP contribution in [0, 0.1) is 0 Å². The van der Waals surface area contributed by atoms with E-state index in [0.29, 0.717) is 6.04 Å². The molecule has 0 radical (unpaired) electrons. The van der Waals surface area contributed by atoms with Gasteiger partial charge in [0.25, 0.3) is 0 Å². The van der Waals surface area contributed by atoms with Crippen LogP contribution in [0.5, 0.6) is 0 Å². The first-order valence-electron chi connectivity index (χ1n) is 6.08. The van der Waals surface area contributed by atoms with Crippen molar-refractivity contribution in [2.75, 3.05) is 7.05 Å². The van der Waals surface area contributed by atoms with Crippen LogP contribution in [0.25, 0.3) is 0 Å². The number of likely N-dealkylation sites (N-methyl/N-ethyl adjacent to an activating group) is 1. The minimum absolute atomic E-state index is 0.486. The summed E-state index contributed by atoms with van der Waals surface area (Å²) in [5, 5.41) is 3.37. The van der Waals surface area contributed by atoms with Crippen LogP contribution in [-0.4, -0.2) is 18.1 Å². The highest BCUT2D eigenvalue weighted by molar-refractivity contribution is 7.16. The summed E-state index contributed by atoms with van der Waals surface area (Å²) in [4.78, 5) is 5.48. The van der Waals surface area contributed by atoms with Gasteiger partial charge in [-0.2, -0.15) is 0 Å². The topological polar surface area (TPSA) is 24.9 Å². The van der Waals surface area contributed by atoms with Crippen molar-refractivity contribution >= 4 is 22.9 Å². The van der Waals surface area contributed by atoms with Gasteiger partial charge >= 0.3 is 0 Å². The summed E-state index contributed by atoms with van der Waals surface area (Å²) < 4.78 is 0.868. The zero-order valence-corrected chi connectivity index (χ0v) is 12.0. The first kappa shape index (κ1) is 13.5. The minimum atomic E-state index is 0.486. The third-order valence-corrected chi connectivity index (χ3v) is 4.24. The molecule has 96 valence electrons. The quantitative estimate of drug-likeness (QED) is 0.875. The number of nitrogens with zero attached hydrogens (tertiary/aromatic N) is 1. The maximum absolute atomic E-state index is 5.95. The van der Waals surface area contributed by atoms with E-state index < -0.39 is 0 Å². The lowest BCUT2D eigenvalue weighted by Crippen LogP contribution is -2.27. The summed E-state index contributed by atoms with van der Waals surface area (Å²) >= 11 is 7.62. The van der Waals surface area contributed by atoms with Gasteiger partial charge in [-0.05, 0) is 50.1 Å². The largest absolute Gasteiger partial charge is 0.317 e. The summed E-state index contributed by atoms with van der Waals surface area (Å²) in [6, 6.07) is 8.68. The highest BCUT2D eigenvalue weighted by Gasteiger charge is 2.09. The minimum Gasteiger partial charge on any atom is -0.317 e. The second-order valence-electron chi connectivity index (χ2n) is 4.30. The van der Waals surface area contributed by atoms with Gasteiger partial charge in [0.2, 0.25) is 0 Å². The molecule has 0 bridgehead atoms. The van der Waals surface area contributed by atoms with E-state index in [-0.39, 0.29) is 0 Å². The smallest absolute Gasteiger partial charge is 0.0931 e. The van der Waals surface area contributed by atoms with Crippen LogP contribution < -0.4 is 5.32 Å². The second kappa shape index (κ2) is 6.88. The average molecular weight is 281 g/mol. The van der Waals surface area contributed by atoms with Crippen molar-refractivity contribution in [1.82, 2.24) is 10.3 Å². The molecule has 0 saturated carbocycles. The SMILES string of the molecule is CNC(CCc1cccnc1)Cc1ccc(Cl)s1. The molecule has 0 amide bonds. The van der Waals surface area contributed by atoms with Crippen molar-refractivity contribution in [2.45, 2.75) is 25.3 Å². The van der Waals surface area contributed by atoms with E-state index in [2.05, 4.69) is 22.4 Å². The number of aromatic nitrogens is 1. The summed E-state index contributed by atoms with van der Waals surface area (Å²) in [6.45, 7) is 0. The summed E-state index contributed by atoms with van der Waals surface area (Å²) in [5.41, 5.74) is 1.29. The molecule has 0 saturated heterocycles. The standard InChI is InChI=1S/C14H17ClN2S/c1-16-12(9-13-6-7-14(15)18-13)5-4-11-3-2-8-17-10-11/h2-3,6-8,10,12,16H,4-5,9H2,1H3. The van der Waals surface area contributed by atoms with Crippen molar-refractivity contribution in [3.63, 3.8) is 0 Å². The lowest BCUT2D eigenvalue weighted by Gasteiger charge is -2.15. The molecular weight excluding hydrogens is 264 g/mol. The lowest BCUT2D eigenvalue weighted by molar-refractivity contribution is 0.523. The highest BCUT2D eigenvalue weighted by atomic mass is 35.5. The molecule has 0 aromatic carbocycles. The van der Waals surface area contributed by atoms with Gasteiger partial charge in [-0.1, -0.05) is 17.7 Å². The zero-order chi connectivity index (χ0) is 12.8. The second-order valence-corrected chi connectivity index (χ2v) is 6.10. The normalized spacial score (nSPS) is 12.6. The van der Waals surface area contributed by atoms with Crippen molar-refractivity contribution in [3.05, 3.63) is 51.4 Å². The number of thiophene rings is 1. The fourth-order valence-corrected chi connectivity index (χ4v) is 3.11. The van der Waals surface area contributed by atoms with E-state index >= 15 is 0 Å². The summed E-state index contributed by atoms with van der Waals surface area (Å²) in [7, 11) is 2.02. The highest BCUT2D eigenvalue weighted by Crippen LogP contribution is 2.23. The summed E-state index contributed by atoms with van der Waals surface area (Å²) in [5.74, 6) is 0. The Balaban J connectivity index is 1.86. The third kappa shape index (κ3) is 4.09. The Hall–Kier alpha value is -0.900. The Labute approximate surface area is 117 Å². The van der Waals surface area contributed by atoms with Crippen LogP contribution in [0.2, 0.25) is 4.34 Å². The van der Waals surface area contributed by atoms with Crippen LogP contribution in [0.1, 0.15) is 16.9 Å². The van der Waals surface area contributed by atoms with Crippen LogP contribution in [0.4, 0.5) is 0 Å². The van der Waals surface area contributed by atoms with Crippen molar-refractivity contribution in [2.24, 2.45) is 0 Å². The molecular formula is C14H17ClN2S. The Bertz CT molecular complexity index is 470. The molecule has 0 aliphatic carbocycles. The Kier molecular flexibility index (Phi) is 5.17. The zero-order valence-electron chi connectivity index (χ0n) is 10.4. The van der Waals surface area contributed by atoms with E-state index in [4.69, 9.17) is 11.6 Å². The van der Waals surface area contributed by atoms with Gasteiger partial charge in [0.1, 0.15) is 0 Å². The molecule has 2 aromatic rings. The van der Waals surface area contributed by atoms with Crippen LogP contribution in [-0.2, 0) is 12.8 Å². The molecule has 2 aromatic heterocycles. The molecule has 18 heavy (non-hydrogen) atoms. The van der Waals surface area contributed by atoms with Crippen molar-refractivity contribution < 1.29 is 0 Å². The first-order chi connectivity index (χ1) is 8.78. The predicted octanol–water partition coefficient (Wildman–Crippen LogP) is 3.56. The molecule has 1 unspecified atom stereocenters. The Morgan fingerprint density at radius 2 is 2.28 bits per heavy atom. The Morgan fingerprint density at radius 1 is 1.39 bits per heavy atom. The van der Waals surface area contributed by atoms with Crippen molar-refractivity contribution in [3.8, 4) is 0 Å². The average Bonchev–Trinajstić information content (AvgIpc) is 2.81. The number of pyridine rings is 1. The monoisotopic (exact) mass is 280 g/mol. The van der Waals surface area contributed by atoms with Gasteiger partial charge in [0.05, 0.1) is 4.34 Å². The molecule has 0 fully saturated rings. The molecule has 2 rings (SSSR count). The van der Waals surface area contributed by atoms with Gasteiger partial charge in [-0.15, -0.1) is 11.3 Å². The maximum Gasteiger partial charge on any atom is 0.0931 e. The van der Waals surface area contributed by atoms with E-state index in [1.54, 1.807) is 11.3 Å². The van der Waals surface area contributed by atoms with E-state index in [9.17, 15) is 0 Å². The fourth-order valence-electron chi connectivity index (χ4n) is 1.94.